The first-order valence-electron chi connectivity index (χ1n) is 5.24. The largest absolute Gasteiger partial charge is 0.103 e. The van der Waals surface area contributed by atoms with Gasteiger partial charge in [0.1, 0.15) is 0 Å². The molecule has 0 nitrogen and oxygen atoms in total. The summed E-state index contributed by atoms with van der Waals surface area (Å²) in [5.41, 5.74) is 0. The summed E-state index contributed by atoms with van der Waals surface area (Å²) in [6.07, 6.45) is 7.74. The molecule has 1 heteroatoms. The highest BCUT2D eigenvalue weighted by atomic mass is 79.9. The Hall–Kier alpha value is -0.300. The molecule has 0 radical (unpaired) electrons. The standard InChI is InChI=1S/C6H9Br.C3H6.2C2H6/c1-3-5-6(7)4-2;1-3-2;2*1-2/h3-5H,1-2H3;3H,1H2,2H3;2*1-2H3/b5-3-,6-4+;;;. The van der Waals surface area contributed by atoms with Crippen molar-refractivity contribution in [2.75, 3.05) is 0 Å². The molecular weight excluding hydrogens is 236 g/mol. The molecule has 0 aliphatic carbocycles. The third-order valence-electron chi connectivity index (χ3n) is 0.602. The zero-order chi connectivity index (χ0) is 12.4. The minimum Gasteiger partial charge on any atom is -0.103 e. The minimum atomic E-state index is 1.13. The van der Waals surface area contributed by atoms with Gasteiger partial charge in [-0.2, -0.15) is 0 Å². The second-order valence-corrected chi connectivity index (χ2v) is 2.50. The van der Waals surface area contributed by atoms with Crippen LogP contribution in [0, 0.1) is 0 Å². The number of hydrogen-bond donors (Lipinski definition) is 0. The number of halogens is 1. The van der Waals surface area contributed by atoms with Crippen molar-refractivity contribution in [3.05, 3.63) is 35.4 Å². The van der Waals surface area contributed by atoms with E-state index < -0.39 is 0 Å². The third-order valence-corrected chi connectivity index (χ3v) is 1.32. The van der Waals surface area contributed by atoms with Crippen molar-refractivity contribution < 1.29 is 0 Å². The SMILES string of the molecule is C/C=C\C(Br)=C/C.C=CC.CC.CC. The van der Waals surface area contributed by atoms with E-state index >= 15 is 0 Å². The molecule has 0 aromatic carbocycles. The van der Waals surface area contributed by atoms with Crippen LogP contribution in [0.3, 0.4) is 0 Å². The van der Waals surface area contributed by atoms with Gasteiger partial charge in [0.25, 0.3) is 0 Å². The summed E-state index contributed by atoms with van der Waals surface area (Å²) in [6.45, 7) is 17.2. The zero-order valence-electron chi connectivity index (χ0n) is 10.9. The molecule has 0 bridgehead atoms. The average molecular weight is 263 g/mol. The smallest absolute Gasteiger partial charge is 0.0129 e. The molecule has 14 heavy (non-hydrogen) atoms. The summed E-state index contributed by atoms with van der Waals surface area (Å²) in [7, 11) is 0. The van der Waals surface area contributed by atoms with Gasteiger partial charge < -0.3 is 0 Å². The predicted octanol–water partition coefficient (Wildman–Crippen LogP) is 6.11. The van der Waals surface area contributed by atoms with Gasteiger partial charge in [-0.15, -0.1) is 6.58 Å². The number of hydrogen-bond acceptors (Lipinski definition) is 0. The Morgan fingerprint density at radius 1 is 1.00 bits per heavy atom. The van der Waals surface area contributed by atoms with Crippen LogP contribution >= 0.6 is 15.9 Å². The Morgan fingerprint density at radius 3 is 1.36 bits per heavy atom. The molecule has 0 saturated heterocycles. The summed E-state index contributed by atoms with van der Waals surface area (Å²) < 4.78 is 1.13. The van der Waals surface area contributed by atoms with Gasteiger partial charge in [-0.1, -0.05) is 67.9 Å². The Kier molecular flexibility index (Phi) is 65.0. The summed E-state index contributed by atoms with van der Waals surface area (Å²) in [6, 6.07) is 0. The van der Waals surface area contributed by atoms with Crippen LogP contribution in [0.2, 0.25) is 0 Å². The van der Waals surface area contributed by atoms with Gasteiger partial charge in [-0.05, 0) is 20.8 Å². The van der Waals surface area contributed by atoms with Gasteiger partial charge >= 0.3 is 0 Å². The van der Waals surface area contributed by atoms with E-state index in [9.17, 15) is 0 Å². The molecule has 0 fully saturated rings. The van der Waals surface area contributed by atoms with Crippen LogP contribution in [0.15, 0.2) is 35.4 Å². The molecule has 0 aromatic heterocycles. The Bertz CT molecular complexity index is 121. The molecule has 0 amide bonds. The highest BCUT2D eigenvalue weighted by Gasteiger charge is 1.72. The van der Waals surface area contributed by atoms with Crippen LogP contribution < -0.4 is 0 Å². The van der Waals surface area contributed by atoms with Crippen molar-refractivity contribution in [3.8, 4) is 0 Å². The zero-order valence-corrected chi connectivity index (χ0v) is 12.5. The number of rotatable bonds is 1. The second kappa shape index (κ2) is 38.7. The molecule has 0 saturated carbocycles. The normalized spacial score (nSPS) is 8.43. The van der Waals surface area contributed by atoms with E-state index in [-0.39, 0.29) is 0 Å². The van der Waals surface area contributed by atoms with Gasteiger partial charge in [-0.3, -0.25) is 0 Å². The number of allylic oxidation sites excluding steroid dienone is 5. The fourth-order valence-electron chi connectivity index (χ4n) is 0.255. The van der Waals surface area contributed by atoms with Gasteiger partial charge in [-0.25, -0.2) is 0 Å². The summed E-state index contributed by atoms with van der Waals surface area (Å²) in [5, 5.41) is 0. The third kappa shape index (κ3) is 60.6. The lowest BCUT2D eigenvalue weighted by atomic mass is 10.5. The van der Waals surface area contributed by atoms with E-state index in [0.29, 0.717) is 0 Å². The topological polar surface area (TPSA) is 0 Å². The lowest BCUT2D eigenvalue weighted by Crippen LogP contribution is -1.53. The van der Waals surface area contributed by atoms with Crippen molar-refractivity contribution in [2.24, 2.45) is 0 Å². The molecule has 0 spiro atoms. The minimum absolute atomic E-state index is 1.13. The van der Waals surface area contributed by atoms with Crippen molar-refractivity contribution in [3.63, 3.8) is 0 Å². The van der Waals surface area contributed by atoms with E-state index in [0.717, 1.165) is 4.48 Å². The van der Waals surface area contributed by atoms with E-state index in [1.807, 2.05) is 66.7 Å². The van der Waals surface area contributed by atoms with Gasteiger partial charge in [0.2, 0.25) is 0 Å². The van der Waals surface area contributed by atoms with Crippen molar-refractivity contribution in [1.29, 1.82) is 0 Å². The van der Waals surface area contributed by atoms with Crippen LogP contribution in [0.5, 0.6) is 0 Å². The summed E-state index contributed by atoms with van der Waals surface area (Å²) >= 11 is 3.31. The Balaban J connectivity index is -0.0000000603. The van der Waals surface area contributed by atoms with Crippen molar-refractivity contribution >= 4 is 15.9 Å². The summed E-state index contributed by atoms with van der Waals surface area (Å²) in [4.78, 5) is 0. The van der Waals surface area contributed by atoms with Crippen LogP contribution in [0.1, 0.15) is 48.5 Å². The molecule has 0 rings (SSSR count). The maximum atomic E-state index is 3.36. The van der Waals surface area contributed by atoms with E-state index in [4.69, 9.17) is 0 Å². The predicted molar refractivity (Wildman–Crippen MR) is 76.1 cm³/mol. The maximum absolute atomic E-state index is 3.36. The second-order valence-electron chi connectivity index (χ2n) is 1.58. The molecule has 0 heterocycles. The highest BCUT2D eigenvalue weighted by Crippen LogP contribution is 2.04. The fourth-order valence-corrected chi connectivity index (χ4v) is 0.520. The first-order chi connectivity index (χ1) is 6.72. The average Bonchev–Trinajstić information content (AvgIpc) is 2.25. The quantitative estimate of drug-likeness (QED) is 0.395. The fraction of sp³-hybridized carbons (Fsp3) is 0.538. The van der Waals surface area contributed by atoms with Crippen molar-refractivity contribution in [2.45, 2.75) is 48.5 Å². The van der Waals surface area contributed by atoms with E-state index in [2.05, 4.69) is 22.5 Å². The van der Waals surface area contributed by atoms with Crippen LogP contribution in [0.4, 0.5) is 0 Å². The Morgan fingerprint density at radius 2 is 1.29 bits per heavy atom. The van der Waals surface area contributed by atoms with Crippen molar-refractivity contribution in [1.82, 2.24) is 0 Å². The van der Waals surface area contributed by atoms with Crippen LogP contribution in [0.25, 0.3) is 0 Å². The van der Waals surface area contributed by atoms with E-state index in [1.54, 1.807) is 6.08 Å². The van der Waals surface area contributed by atoms with Gasteiger partial charge in [0.15, 0.2) is 0 Å². The van der Waals surface area contributed by atoms with Gasteiger partial charge in [0, 0.05) is 4.48 Å². The first kappa shape index (κ1) is 23.5. The monoisotopic (exact) mass is 262 g/mol. The molecule has 0 atom stereocenters. The molecule has 0 unspecified atom stereocenters. The maximum Gasteiger partial charge on any atom is 0.0129 e. The lowest BCUT2D eigenvalue weighted by Gasteiger charge is -1.78. The molecular formula is C13H27Br. The van der Waals surface area contributed by atoms with E-state index in [1.165, 1.54) is 0 Å². The first-order valence-corrected chi connectivity index (χ1v) is 6.03. The molecule has 86 valence electrons. The highest BCUT2D eigenvalue weighted by molar-refractivity contribution is 9.11. The van der Waals surface area contributed by atoms with Crippen LogP contribution in [-0.2, 0) is 0 Å². The Labute approximate surface area is 99.9 Å². The van der Waals surface area contributed by atoms with Gasteiger partial charge in [0.05, 0.1) is 0 Å². The van der Waals surface area contributed by atoms with Crippen LogP contribution in [-0.4, -0.2) is 0 Å². The summed E-state index contributed by atoms with van der Waals surface area (Å²) in [5.74, 6) is 0. The molecule has 0 N–H and O–H groups in total. The molecule has 0 aromatic rings. The molecule has 0 aliphatic rings. The lowest BCUT2D eigenvalue weighted by molar-refractivity contribution is 1.50. The molecule has 0 aliphatic heterocycles.